The fourth-order valence-corrected chi connectivity index (χ4v) is 9.38. The third kappa shape index (κ3) is 6.22. The number of aliphatic hydroxyl groups excluding tert-OH is 1. The number of hydrogen-bond donors (Lipinski definition) is 1. The normalized spacial score (nSPS) is 30.3. The van der Waals surface area contributed by atoms with E-state index in [1.165, 1.54) is 4.90 Å². The third-order valence-corrected chi connectivity index (χ3v) is 12.0. The minimum Gasteiger partial charge on any atom is -0.455 e. The molecule has 0 aromatic heterocycles. The number of ether oxygens (including phenoxy) is 2. The summed E-state index contributed by atoms with van der Waals surface area (Å²) in [6.45, 7) is 5.38. The molecule has 11 heteroatoms. The van der Waals surface area contributed by atoms with Gasteiger partial charge in [-0.1, -0.05) is 107 Å². The molecule has 7 rings (SSSR count). The van der Waals surface area contributed by atoms with Gasteiger partial charge in [-0.05, 0) is 55.5 Å². The van der Waals surface area contributed by atoms with Crippen molar-refractivity contribution in [3.63, 3.8) is 0 Å². The molecule has 8 atom stereocenters. The molecule has 4 heterocycles. The minimum atomic E-state index is -1.56. The number of para-hydroxylation sites is 1. The second kappa shape index (κ2) is 14.7. The van der Waals surface area contributed by atoms with Crippen molar-refractivity contribution < 1.29 is 33.8 Å². The van der Waals surface area contributed by atoms with E-state index in [4.69, 9.17) is 9.47 Å². The van der Waals surface area contributed by atoms with Crippen molar-refractivity contribution in [3.8, 4) is 0 Å². The minimum absolute atomic E-state index is 0.125. The second-order valence-corrected chi connectivity index (χ2v) is 15.3. The highest BCUT2D eigenvalue weighted by Crippen LogP contribution is 2.60. The van der Waals surface area contributed by atoms with Crippen molar-refractivity contribution in [2.45, 2.75) is 69.5 Å². The number of aryl methyl sites for hydroxylation is 2. The van der Waals surface area contributed by atoms with Crippen LogP contribution in [0.4, 0.5) is 5.69 Å². The number of fused-ring (bicyclic) bond motifs is 2. The van der Waals surface area contributed by atoms with Crippen LogP contribution in [0.25, 0.3) is 0 Å². The van der Waals surface area contributed by atoms with Crippen molar-refractivity contribution in [3.05, 3.63) is 124 Å². The molecule has 276 valence electrons. The number of amides is 3. The van der Waals surface area contributed by atoms with Crippen LogP contribution >= 0.6 is 15.9 Å². The van der Waals surface area contributed by atoms with Crippen LogP contribution in [0, 0.1) is 25.7 Å². The van der Waals surface area contributed by atoms with Crippen LogP contribution < -0.4 is 4.90 Å². The van der Waals surface area contributed by atoms with Gasteiger partial charge in [-0.2, -0.15) is 0 Å². The Morgan fingerprint density at radius 1 is 0.887 bits per heavy atom. The number of likely N-dealkylation sites (N-methyl/N-ethyl adjacent to an activating group) is 1. The summed E-state index contributed by atoms with van der Waals surface area (Å²) >= 11 is 3.65. The maximum Gasteiger partial charge on any atom is 0.313 e. The van der Waals surface area contributed by atoms with Crippen LogP contribution in [0.15, 0.2) is 102 Å². The maximum atomic E-state index is 15.5. The lowest BCUT2D eigenvalue weighted by Gasteiger charge is -2.39. The Hall–Kier alpha value is -4.58. The number of benzene rings is 3. The number of cyclic esters (lactones) is 1. The average Bonchev–Trinajstić information content (AvgIpc) is 3.75. The maximum absolute atomic E-state index is 15.5. The molecule has 0 radical (unpaired) electrons. The van der Waals surface area contributed by atoms with Crippen molar-refractivity contribution in [1.82, 2.24) is 9.80 Å². The third-order valence-electron chi connectivity index (χ3n) is 11.3. The predicted octanol–water partition coefficient (Wildman–Crippen LogP) is 5.72. The van der Waals surface area contributed by atoms with E-state index >= 15 is 9.59 Å². The smallest absolute Gasteiger partial charge is 0.313 e. The molecule has 3 aromatic rings. The van der Waals surface area contributed by atoms with Crippen LogP contribution in [-0.4, -0.2) is 82.6 Å². The summed E-state index contributed by atoms with van der Waals surface area (Å²) in [5.74, 6) is -3.96. The van der Waals surface area contributed by atoms with Crippen LogP contribution in [0.2, 0.25) is 0 Å². The van der Waals surface area contributed by atoms with E-state index < -0.39 is 72.2 Å². The molecule has 4 aliphatic heterocycles. The monoisotopic (exact) mass is 781 g/mol. The molecule has 0 aliphatic carbocycles. The van der Waals surface area contributed by atoms with Gasteiger partial charge in [0, 0.05) is 30.2 Å². The zero-order valence-electron chi connectivity index (χ0n) is 30.2. The number of allylic oxidation sites excluding steroid dienone is 1. The summed E-state index contributed by atoms with van der Waals surface area (Å²) in [7, 11) is 1.70. The fourth-order valence-electron chi connectivity index (χ4n) is 8.64. The molecular formula is C42H44BrN3O7. The quantitative estimate of drug-likeness (QED) is 0.260. The molecule has 5 bridgehead atoms. The fraction of sp³-hybridized carbons (Fsp3) is 0.381. The SMILES string of the molecule is Cc1cccc(C)c1N1C/C=C\CCC(=O)N(C)[C@H](C)[C@@H](c2ccccc2)OC(=O)[C@@H]2[C@H]3O[C@@]4(C=C3Br)[C@H](C1=O)N([C@H](CO)c1ccccc1)C(=O)[C@@H]24. The molecule has 53 heavy (non-hydrogen) atoms. The Labute approximate surface area is 318 Å². The predicted molar refractivity (Wildman–Crippen MR) is 203 cm³/mol. The number of aliphatic hydroxyl groups is 1. The molecular weight excluding hydrogens is 738 g/mol. The van der Waals surface area contributed by atoms with Gasteiger partial charge in [-0.3, -0.25) is 19.2 Å². The van der Waals surface area contributed by atoms with E-state index in [-0.39, 0.29) is 18.9 Å². The van der Waals surface area contributed by atoms with Gasteiger partial charge in [0.25, 0.3) is 5.91 Å². The molecule has 3 aromatic carbocycles. The van der Waals surface area contributed by atoms with Gasteiger partial charge in [-0.15, -0.1) is 0 Å². The van der Waals surface area contributed by atoms with Crippen LogP contribution in [0.5, 0.6) is 0 Å². The zero-order valence-corrected chi connectivity index (χ0v) is 31.8. The molecule has 1 N–H and O–H groups in total. The Kier molecular flexibility index (Phi) is 10.2. The van der Waals surface area contributed by atoms with Gasteiger partial charge in [0.2, 0.25) is 11.8 Å². The highest BCUT2D eigenvalue weighted by molar-refractivity contribution is 9.11. The molecule has 10 nitrogen and oxygen atoms in total. The van der Waals surface area contributed by atoms with Gasteiger partial charge < -0.3 is 29.3 Å². The Morgan fingerprint density at radius 3 is 2.21 bits per heavy atom. The van der Waals surface area contributed by atoms with E-state index in [0.29, 0.717) is 27.7 Å². The first kappa shape index (κ1) is 36.8. The summed E-state index contributed by atoms with van der Waals surface area (Å²) in [6, 6.07) is 21.4. The van der Waals surface area contributed by atoms with E-state index in [1.807, 2.05) is 112 Å². The molecule has 1 spiro atoms. The summed E-state index contributed by atoms with van der Waals surface area (Å²) in [4.78, 5) is 63.5. The molecule has 3 amide bonds. The van der Waals surface area contributed by atoms with Gasteiger partial charge in [0.05, 0.1) is 24.6 Å². The van der Waals surface area contributed by atoms with E-state index in [9.17, 15) is 14.7 Å². The number of likely N-dealkylation sites (tertiary alicyclic amines) is 1. The van der Waals surface area contributed by atoms with Crippen LogP contribution in [-0.2, 0) is 28.7 Å². The Balaban J connectivity index is 1.42. The van der Waals surface area contributed by atoms with Crippen molar-refractivity contribution in [1.29, 1.82) is 0 Å². The number of halogens is 1. The van der Waals surface area contributed by atoms with Crippen LogP contribution in [0.1, 0.15) is 54.2 Å². The highest BCUT2D eigenvalue weighted by Gasteiger charge is 2.75. The number of carbonyl (C=O) groups excluding carboxylic acids is 4. The zero-order chi connectivity index (χ0) is 37.6. The van der Waals surface area contributed by atoms with Crippen LogP contribution in [0.3, 0.4) is 0 Å². The van der Waals surface area contributed by atoms with E-state index in [1.54, 1.807) is 22.9 Å². The summed E-state index contributed by atoms with van der Waals surface area (Å²) in [6.07, 6.45) is 4.41. The average molecular weight is 783 g/mol. The summed E-state index contributed by atoms with van der Waals surface area (Å²) in [5.41, 5.74) is 2.18. The largest absolute Gasteiger partial charge is 0.455 e. The topological polar surface area (TPSA) is 117 Å². The number of rotatable bonds is 5. The van der Waals surface area contributed by atoms with Crippen molar-refractivity contribution in [2.75, 3.05) is 25.1 Å². The molecule has 0 saturated carbocycles. The lowest BCUT2D eigenvalue weighted by molar-refractivity contribution is -0.164. The Morgan fingerprint density at radius 2 is 1.55 bits per heavy atom. The van der Waals surface area contributed by atoms with Gasteiger partial charge in [0.1, 0.15) is 29.8 Å². The number of carbonyl (C=O) groups is 4. The Bertz CT molecular complexity index is 1950. The van der Waals surface area contributed by atoms with Gasteiger partial charge in [-0.25, -0.2) is 0 Å². The van der Waals surface area contributed by atoms with Crippen molar-refractivity contribution in [2.24, 2.45) is 11.8 Å². The summed E-state index contributed by atoms with van der Waals surface area (Å²) < 4.78 is 13.7. The van der Waals surface area contributed by atoms with E-state index in [0.717, 1.165) is 11.1 Å². The number of anilines is 1. The first-order chi connectivity index (χ1) is 25.5. The summed E-state index contributed by atoms with van der Waals surface area (Å²) in [5, 5.41) is 11.0. The number of nitrogens with zero attached hydrogens (tertiary/aromatic N) is 3. The molecule has 0 unspecified atom stereocenters. The molecule has 2 fully saturated rings. The molecule has 4 aliphatic rings. The first-order valence-corrected chi connectivity index (χ1v) is 18.9. The van der Waals surface area contributed by atoms with Gasteiger partial charge in [0.15, 0.2) is 0 Å². The number of esters is 1. The number of hydrogen-bond acceptors (Lipinski definition) is 7. The van der Waals surface area contributed by atoms with Crippen molar-refractivity contribution >= 4 is 45.3 Å². The molecule has 2 saturated heterocycles. The van der Waals surface area contributed by atoms with E-state index in [2.05, 4.69) is 15.9 Å². The lowest BCUT2D eigenvalue weighted by atomic mass is 9.74. The second-order valence-electron chi connectivity index (χ2n) is 14.4. The first-order valence-electron chi connectivity index (χ1n) is 18.1. The van der Waals surface area contributed by atoms with Gasteiger partial charge >= 0.3 is 5.97 Å². The highest BCUT2D eigenvalue weighted by atomic mass is 79.9. The lowest BCUT2D eigenvalue weighted by Crippen LogP contribution is -2.57. The standard InChI is InChI=1S/C42H44BrN3O7/c1-25-15-14-16-26(2)35(25)45-22-13-7-12-21-32(48)44(4)27(3)36(29-19-10-6-11-20-29)52-41(51)33-34-39(49)46(31(24-47)28-17-8-5-9-18-28)38(40(45)50)42(34)23-30(43)37(33)53-42/h5-11,13-20,23,27,31,33-34,36-38,47H,12,21-22,24H2,1-4H3/b13-7-/t27-,31-,33+,34-,36+,37+,38+,42-/m1/s1.